The maximum absolute atomic E-state index is 11.6. The Balaban J connectivity index is 2.99. The number of hydrogen-bond acceptors (Lipinski definition) is 4. The summed E-state index contributed by atoms with van der Waals surface area (Å²) in [7, 11) is -0.561. The van der Waals surface area contributed by atoms with Gasteiger partial charge in [0, 0.05) is 11.3 Å². The Morgan fingerprint density at radius 3 is 2.45 bits per heavy atom. The number of esters is 1. The van der Waals surface area contributed by atoms with Crippen molar-refractivity contribution in [3.63, 3.8) is 0 Å². The first-order valence-electron chi connectivity index (χ1n) is 7.18. The third-order valence-electron chi connectivity index (χ3n) is 4.14. The minimum atomic E-state index is -1.88. The molecule has 0 atom stereocenters. The molecule has 0 saturated carbocycles. The molecule has 22 heavy (non-hydrogen) atoms. The Kier molecular flexibility index (Phi) is 5.90. The second-order valence-electron chi connectivity index (χ2n) is 6.67. The van der Waals surface area contributed by atoms with Crippen LogP contribution in [-0.2, 0) is 20.6 Å². The van der Waals surface area contributed by atoms with Gasteiger partial charge in [-0.3, -0.25) is 4.79 Å². The molecule has 0 aliphatic rings. The van der Waals surface area contributed by atoms with E-state index in [4.69, 9.17) is 4.43 Å². The summed E-state index contributed by atoms with van der Waals surface area (Å²) in [5.74, 6) is -0.439. The Morgan fingerprint density at radius 1 is 1.32 bits per heavy atom. The average molecular weight is 323 g/mol. The summed E-state index contributed by atoms with van der Waals surface area (Å²) in [5, 5.41) is 2.73. The van der Waals surface area contributed by atoms with E-state index >= 15 is 0 Å². The minimum Gasteiger partial charge on any atom is -0.465 e. The van der Waals surface area contributed by atoms with E-state index < -0.39 is 14.3 Å². The summed E-state index contributed by atoms with van der Waals surface area (Å²) in [6, 6.07) is 5.06. The molecular formula is C16H25NO4Si. The van der Waals surface area contributed by atoms with Crippen molar-refractivity contribution in [2.24, 2.45) is 0 Å². The maximum atomic E-state index is 11.6. The SMILES string of the molecule is COC(=O)c1ccc(CO[Si](C)(C)C(C)(C)C)c(NC=O)c1. The van der Waals surface area contributed by atoms with Crippen LogP contribution in [0.5, 0.6) is 0 Å². The highest BCUT2D eigenvalue weighted by Crippen LogP contribution is 2.37. The van der Waals surface area contributed by atoms with Crippen molar-refractivity contribution in [1.29, 1.82) is 0 Å². The topological polar surface area (TPSA) is 64.6 Å². The molecule has 6 heteroatoms. The van der Waals surface area contributed by atoms with Crippen LogP contribution in [-0.4, -0.2) is 27.8 Å². The molecule has 122 valence electrons. The molecule has 1 N–H and O–H groups in total. The van der Waals surface area contributed by atoms with Gasteiger partial charge >= 0.3 is 5.97 Å². The molecule has 1 rings (SSSR count). The fraction of sp³-hybridized carbons (Fsp3) is 0.500. The van der Waals surface area contributed by atoms with E-state index in [0.717, 1.165) is 5.56 Å². The van der Waals surface area contributed by atoms with E-state index in [1.54, 1.807) is 18.2 Å². The quantitative estimate of drug-likeness (QED) is 0.494. The molecule has 1 amide bonds. The highest BCUT2D eigenvalue weighted by atomic mass is 28.4. The largest absolute Gasteiger partial charge is 0.465 e. The number of benzene rings is 1. The summed E-state index contributed by atoms with van der Waals surface area (Å²) in [4.78, 5) is 22.3. The highest BCUT2D eigenvalue weighted by Gasteiger charge is 2.37. The summed E-state index contributed by atoms with van der Waals surface area (Å²) >= 11 is 0. The number of nitrogens with one attached hydrogen (secondary N) is 1. The molecular weight excluding hydrogens is 298 g/mol. The van der Waals surface area contributed by atoms with E-state index in [9.17, 15) is 9.59 Å². The minimum absolute atomic E-state index is 0.108. The lowest BCUT2D eigenvalue weighted by molar-refractivity contribution is -0.105. The number of rotatable bonds is 6. The molecule has 0 aliphatic heterocycles. The van der Waals surface area contributed by atoms with Crippen molar-refractivity contribution in [2.45, 2.75) is 45.5 Å². The van der Waals surface area contributed by atoms with Crippen molar-refractivity contribution in [3.8, 4) is 0 Å². The Labute approximate surface area is 133 Å². The molecule has 0 bridgehead atoms. The van der Waals surface area contributed by atoms with Gasteiger partial charge in [0.05, 0.1) is 19.3 Å². The first-order chi connectivity index (χ1) is 10.1. The van der Waals surface area contributed by atoms with Crippen molar-refractivity contribution >= 4 is 26.4 Å². The normalized spacial score (nSPS) is 11.9. The molecule has 0 fully saturated rings. The van der Waals surface area contributed by atoms with Gasteiger partial charge in [0.15, 0.2) is 8.32 Å². The van der Waals surface area contributed by atoms with Crippen LogP contribution in [0.4, 0.5) is 5.69 Å². The molecule has 0 aromatic heterocycles. The molecule has 1 aromatic carbocycles. The number of anilines is 1. The molecule has 0 aliphatic carbocycles. The van der Waals surface area contributed by atoms with Crippen LogP contribution in [0, 0.1) is 0 Å². The van der Waals surface area contributed by atoms with Crippen molar-refractivity contribution in [3.05, 3.63) is 29.3 Å². The van der Waals surface area contributed by atoms with Gasteiger partial charge in [-0.05, 0) is 30.3 Å². The third kappa shape index (κ3) is 4.41. The number of ether oxygens (including phenoxy) is 1. The van der Waals surface area contributed by atoms with E-state index in [1.807, 2.05) is 0 Å². The number of hydrogen-bond donors (Lipinski definition) is 1. The lowest BCUT2D eigenvalue weighted by Gasteiger charge is -2.36. The van der Waals surface area contributed by atoms with Gasteiger partial charge in [-0.15, -0.1) is 0 Å². The van der Waals surface area contributed by atoms with Gasteiger partial charge in [0.2, 0.25) is 6.41 Å². The lowest BCUT2D eigenvalue weighted by Crippen LogP contribution is -2.40. The van der Waals surface area contributed by atoms with Gasteiger partial charge in [0.25, 0.3) is 0 Å². The predicted molar refractivity (Wildman–Crippen MR) is 89.5 cm³/mol. The van der Waals surface area contributed by atoms with E-state index in [2.05, 4.69) is 43.9 Å². The zero-order valence-electron chi connectivity index (χ0n) is 14.1. The van der Waals surface area contributed by atoms with Gasteiger partial charge in [-0.25, -0.2) is 4.79 Å². The molecule has 0 heterocycles. The summed E-state index contributed by atoms with van der Waals surface area (Å²) in [5.41, 5.74) is 1.80. The zero-order chi connectivity index (χ0) is 17.0. The smallest absolute Gasteiger partial charge is 0.337 e. The molecule has 0 unspecified atom stereocenters. The lowest BCUT2D eigenvalue weighted by atomic mass is 10.1. The first-order valence-corrected chi connectivity index (χ1v) is 10.1. The van der Waals surface area contributed by atoms with Gasteiger partial charge in [-0.2, -0.15) is 0 Å². The van der Waals surface area contributed by atoms with E-state index in [1.165, 1.54) is 7.11 Å². The fourth-order valence-corrected chi connectivity index (χ4v) is 2.57. The standard InChI is InChI=1S/C16H25NO4Si/c1-16(2,3)22(5,6)21-10-13-8-7-12(15(19)20-4)9-14(13)17-11-18/h7-9,11H,10H2,1-6H3,(H,17,18). The summed E-state index contributed by atoms with van der Waals surface area (Å²) < 4.78 is 10.8. The third-order valence-corrected chi connectivity index (χ3v) is 8.62. The number of amides is 1. The number of methoxy groups -OCH3 is 1. The fourth-order valence-electron chi connectivity index (χ4n) is 1.62. The monoisotopic (exact) mass is 323 g/mol. The predicted octanol–water partition coefficient (Wildman–Crippen LogP) is 3.56. The molecule has 0 radical (unpaired) electrons. The zero-order valence-corrected chi connectivity index (χ0v) is 15.1. The molecule has 0 saturated heterocycles. The Bertz CT molecular complexity index is 550. The van der Waals surface area contributed by atoms with Crippen LogP contribution in [0.3, 0.4) is 0 Å². The van der Waals surface area contributed by atoms with Crippen LogP contribution >= 0.6 is 0 Å². The first kappa shape index (κ1) is 18.4. The average Bonchev–Trinajstić information content (AvgIpc) is 2.44. The number of carbonyl (C=O) groups is 2. The van der Waals surface area contributed by atoms with Crippen molar-refractivity contribution in [2.75, 3.05) is 12.4 Å². The van der Waals surface area contributed by atoms with Crippen LogP contribution in [0.15, 0.2) is 18.2 Å². The van der Waals surface area contributed by atoms with Crippen molar-refractivity contribution in [1.82, 2.24) is 0 Å². The van der Waals surface area contributed by atoms with Crippen LogP contribution in [0.25, 0.3) is 0 Å². The van der Waals surface area contributed by atoms with Gasteiger partial charge in [-0.1, -0.05) is 26.8 Å². The summed E-state index contributed by atoms with van der Waals surface area (Å²) in [6.45, 7) is 11.2. The molecule has 0 spiro atoms. The van der Waals surface area contributed by atoms with E-state index in [-0.39, 0.29) is 5.04 Å². The Morgan fingerprint density at radius 2 is 1.95 bits per heavy atom. The van der Waals surface area contributed by atoms with Crippen molar-refractivity contribution < 1.29 is 18.8 Å². The Hall–Kier alpha value is -1.66. The van der Waals surface area contributed by atoms with Gasteiger partial charge in [0.1, 0.15) is 0 Å². The molecule has 1 aromatic rings. The van der Waals surface area contributed by atoms with Crippen LogP contribution in [0.1, 0.15) is 36.7 Å². The second kappa shape index (κ2) is 7.06. The number of carbonyl (C=O) groups excluding carboxylic acids is 2. The maximum Gasteiger partial charge on any atom is 0.337 e. The molecule has 5 nitrogen and oxygen atoms in total. The second-order valence-corrected chi connectivity index (χ2v) is 11.5. The van der Waals surface area contributed by atoms with Gasteiger partial charge < -0.3 is 14.5 Å². The summed E-state index contributed by atoms with van der Waals surface area (Å²) in [6.07, 6.45) is 0.590. The van der Waals surface area contributed by atoms with Crippen LogP contribution in [0.2, 0.25) is 18.1 Å². The van der Waals surface area contributed by atoms with E-state index in [0.29, 0.717) is 24.3 Å². The van der Waals surface area contributed by atoms with Crippen LogP contribution < -0.4 is 5.32 Å². The highest BCUT2D eigenvalue weighted by molar-refractivity contribution is 6.74.